The summed E-state index contributed by atoms with van der Waals surface area (Å²) >= 11 is 0. The molecule has 6 heteroatoms. The van der Waals surface area contributed by atoms with Crippen molar-refractivity contribution >= 4 is 5.91 Å². The molecule has 0 atom stereocenters. The van der Waals surface area contributed by atoms with E-state index in [-0.39, 0.29) is 5.91 Å². The molecule has 0 radical (unpaired) electrons. The van der Waals surface area contributed by atoms with Crippen LogP contribution in [-0.2, 0) is 9.53 Å². The molecule has 0 bridgehead atoms. The SMILES string of the molecule is COCCNC(=O)CN1CCN(CCOc2cccc(C)c2)CC1. The van der Waals surface area contributed by atoms with Gasteiger partial charge in [-0.1, -0.05) is 12.1 Å². The van der Waals surface area contributed by atoms with Gasteiger partial charge in [0, 0.05) is 46.4 Å². The lowest BCUT2D eigenvalue weighted by Gasteiger charge is -2.34. The number of carbonyl (C=O) groups is 1. The highest BCUT2D eigenvalue weighted by atomic mass is 16.5. The molecule has 134 valence electrons. The quantitative estimate of drug-likeness (QED) is 0.675. The summed E-state index contributed by atoms with van der Waals surface area (Å²) in [5.74, 6) is 1.00. The molecule has 1 aromatic rings. The minimum atomic E-state index is 0.0725. The molecular weight excluding hydrogens is 306 g/mol. The Hall–Kier alpha value is -1.63. The number of carbonyl (C=O) groups excluding carboxylic acids is 1. The van der Waals surface area contributed by atoms with Crippen molar-refractivity contribution < 1.29 is 14.3 Å². The Balaban J connectivity index is 1.58. The molecular formula is C18H29N3O3. The van der Waals surface area contributed by atoms with E-state index in [0.717, 1.165) is 38.5 Å². The molecule has 24 heavy (non-hydrogen) atoms. The van der Waals surface area contributed by atoms with Gasteiger partial charge in [0.2, 0.25) is 5.91 Å². The maximum Gasteiger partial charge on any atom is 0.234 e. The Morgan fingerprint density at radius 3 is 2.62 bits per heavy atom. The normalized spacial score (nSPS) is 16.1. The number of amides is 1. The van der Waals surface area contributed by atoms with Gasteiger partial charge < -0.3 is 14.8 Å². The standard InChI is InChI=1S/C18H29N3O3/c1-16-4-3-5-17(14-16)24-13-11-20-7-9-21(10-8-20)15-18(22)19-6-12-23-2/h3-5,14H,6-13,15H2,1-2H3,(H,19,22). The largest absolute Gasteiger partial charge is 0.492 e. The average molecular weight is 335 g/mol. The van der Waals surface area contributed by atoms with Gasteiger partial charge in [-0.25, -0.2) is 0 Å². The van der Waals surface area contributed by atoms with Crippen LogP contribution in [0.5, 0.6) is 5.75 Å². The van der Waals surface area contributed by atoms with Crippen molar-refractivity contribution in [3.63, 3.8) is 0 Å². The Labute approximate surface area is 144 Å². The van der Waals surface area contributed by atoms with Gasteiger partial charge in [0.05, 0.1) is 13.2 Å². The second-order valence-corrected chi connectivity index (χ2v) is 6.13. The zero-order chi connectivity index (χ0) is 17.2. The number of nitrogens with one attached hydrogen (secondary N) is 1. The van der Waals surface area contributed by atoms with Crippen molar-refractivity contribution in [3.8, 4) is 5.75 Å². The van der Waals surface area contributed by atoms with Gasteiger partial charge in [-0.15, -0.1) is 0 Å². The van der Waals surface area contributed by atoms with E-state index >= 15 is 0 Å². The predicted octanol–water partition coefficient (Wildman–Crippen LogP) is 0.754. The molecule has 6 nitrogen and oxygen atoms in total. The fourth-order valence-electron chi connectivity index (χ4n) is 2.72. The summed E-state index contributed by atoms with van der Waals surface area (Å²) in [6.07, 6.45) is 0. The van der Waals surface area contributed by atoms with Crippen LogP contribution in [0.15, 0.2) is 24.3 Å². The van der Waals surface area contributed by atoms with E-state index in [4.69, 9.17) is 9.47 Å². The number of aryl methyl sites for hydroxylation is 1. The fourth-order valence-corrected chi connectivity index (χ4v) is 2.72. The first-order chi connectivity index (χ1) is 11.7. The van der Waals surface area contributed by atoms with Crippen LogP contribution < -0.4 is 10.1 Å². The molecule has 1 aromatic carbocycles. The third-order valence-electron chi connectivity index (χ3n) is 4.13. The van der Waals surface area contributed by atoms with Crippen molar-refractivity contribution in [2.75, 3.05) is 66.1 Å². The smallest absolute Gasteiger partial charge is 0.234 e. The Morgan fingerprint density at radius 2 is 1.92 bits per heavy atom. The van der Waals surface area contributed by atoms with E-state index < -0.39 is 0 Å². The van der Waals surface area contributed by atoms with Gasteiger partial charge in [-0.3, -0.25) is 14.6 Å². The molecule has 0 unspecified atom stereocenters. The second kappa shape index (κ2) is 10.3. The van der Waals surface area contributed by atoms with Gasteiger partial charge in [-0.05, 0) is 24.6 Å². The number of methoxy groups -OCH3 is 1. The van der Waals surface area contributed by atoms with Crippen LogP contribution in [0.3, 0.4) is 0 Å². The summed E-state index contributed by atoms with van der Waals surface area (Å²) in [6.45, 7) is 9.07. The molecule has 1 aliphatic rings. The van der Waals surface area contributed by atoms with Gasteiger partial charge >= 0.3 is 0 Å². The van der Waals surface area contributed by atoms with Crippen LogP contribution in [0, 0.1) is 6.92 Å². The zero-order valence-corrected chi connectivity index (χ0v) is 14.8. The maximum absolute atomic E-state index is 11.8. The van der Waals surface area contributed by atoms with Crippen molar-refractivity contribution in [2.45, 2.75) is 6.92 Å². The van der Waals surface area contributed by atoms with Crippen LogP contribution in [0.4, 0.5) is 0 Å². The Kier molecular flexibility index (Phi) is 8.01. The Morgan fingerprint density at radius 1 is 1.17 bits per heavy atom. The molecule has 1 fully saturated rings. The van der Waals surface area contributed by atoms with Crippen molar-refractivity contribution in [2.24, 2.45) is 0 Å². The van der Waals surface area contributed by atoms with Crippen LogP contribution in [-0.4, -0.2) is 81.8 Å². The summed E-state index contributed by atoms with van der Waals surface area (Å²) in [4.78, 5) is 16.4. The van der Waals surface area contributed by atoms with E-state index in [1.807, 2.05) is 12.1 Å². The number of ether oxygens (including phenoxy) is 2. The topological polar surface area (TPSA) is 54.0 Å². The molecule has 0 aromatic heterocycles. The first kappa shape index (κ1) is 18.7. The molecule has 1 saturated heterocycles. The van der Waals surface area contributed by atoms with E-state index in [9.17, 15) is 4.79 Å². The van der Waals surface area contributed by atoms with Crippen molar-refractivity contribution in [1.82, 2.24) is 15.1 Å². The lowest BCUT2D eigenvalue weighted by Crippen LogP contribution is -2.50. The van der Waals surface area contributed by atoms with E-state index in [0.29, 0.717) is 26.3 Å². The molecule has 1 amide bonds. The lowest BCUT2D eigenvalue weighted by molar-refractivity contribution is -0.122. The summed E-state index contributed by atoms with van der Waals surface area (Å²) in [6, 6.07) is 8.13. The van der Waals surface area contributed by atoms with E-state index in [1.165, 1.54) is 5.56 Å². The third-order valence-corrected chi connectivity index (χ3v) is 4.13. The molecule has 0 spiro atoms. The molecule has 1 N–H and O–H groups in total. The minimum Gasteiger partial charge on any atom is -0.492 e. The zero-order valence-electron chi connectivity index (χ0n) is 14.8. The lowest BCUT2D eigenvalue weighted by atomic mass is 10.2. The number of benzene rings is 1. The molecule has 1 aliphatic heterocycles. The summed E-state index contributed by atoms with van der Waals surface area (Å²) < 4.78 is 10.7. The van der Waals surface area contributed by atoms with Crippen molar-refractivity contribution in [1.29, 1.82) is 0 Å². The van der Waals surface area contributed by atoms with Gasteiger partial charge in [0.25, 0.3) is 0 Å². The number of hydrogen-bond acceptors (Lipinski definition) is 5. The van der Waals surface area contributed by atoms with Crippen LogP contribution in [0.25, 0.3) is 0 Å². The first-order valence-electron chi connectivity index (χ1n) is 8.57. The molecule has 0 saturated carbocycles. The van der Waals surface area contributed by atoms with Crippen LogP contribution in [0.2, 0.25) is 0 Å². The first-order valence-corrected chi connectivity index (χ1v) is 8.57. The van der Waals surface area contributed by atoms with Gasteiger partial charge in [0.1, 0.15) is 12.4 Å². The number of hydrogen-bond donors (Lipinski definition) is 1. The monoisotopic (exact) mass is 335 g/mol. The number of rotatable bonds is 9. The van der Waals surface area contributed by atoms with Gasteiger partial charge in [0.15, 0.2) is 0 Å². The van der Waals surface area contributed by atoms with E-state index in [1.54, 1.807) is 7.11 Å². The predicted molar refractivity (Wildman–Crippen MR) is 94.4 cm³/mol. The van der Waals surface area contributed by atoms with Crippen molar-refractivity contribution in [3.05, 3.63) is 29.8 Å². The fraction of sp³-hybridized carbons (Fsp3) is 0.611. The highest BCUT2D eigenvalue weighted by Gasteiger charge is 2.18. The summed E-state index contributed by atoms with van der Waals surface area (Å²) in [5.41, 5.74) is 1.21. The highest BCUT2D eigenvalue weighted by molar-refractivity contribution is 5.77. The molecule has 0 aliphatic carbocycles. The van der Waals surface area contributed by atoms with Crippen LogP contribution >= 0.6 is 0 Å². The summed E-state index contributed by atoms with van der Waals surface area (Å²) in [7, 11) is 1.63. The van der Waals surface area contributed by atoms with Gasteiger partial charge in [-0.2, -0.15) is 0 Å². The minimum absolute atomic E-state index is 0.0725. The van der Waals surface area contributed by atoms with E-state index in [2.05, 4.69) is 34.2 Å². The number of piperazine rings is 1. The Bertz CT molecular complexity index is 502. The third kappa shape index (κ3) is 6.86. The molecule has 1 heterocycles. The second-order valence-electron chi connectivity index (χ2n) is 6.13. The summed E-state index contributed by atoms with van der Waals surface area (Å²) in [5, 5.41) is 2.86. The highest BCUT2D eigenvalue weighted by Crippen LogP contribution is 2.12. The van der Waals surface area contributed by atoms with Crippen LogP contribution in [0.1, 0.15) is 5.56 Å². The molecule has 2 rings (SSSR count). The average Bonchev–Trinajstić information content (AvgIpc) is 2.57. The maximum atomic E-state index is 11.8. The number of nitrogens with zero attached hydrogens (tertiary/aromatic N) is 2.